The molecule has 0 aromatic heterocycles. The summed E-state index contributed by atoms with van der Waals surface area (Å²) >= 11 is 0. The second-order valence-corrected chi connectivity index (χ2v) is 5.61. The SMILES string of the molecule is CC(NN1CCN(C)CC1)c1ccc2c(c1)CCO2. The number of hydrogen-bond acceptors (Lipinski definition) is 4. The van der Waals surface area contributed by atoms with Gasteiger partial charge >= 0.3 is 0 Å². The molecule has 1 aromatic carbocycles. The molecule has 0 amide bonds. The first-order valence-electron chi connectivity index (χ1n) is 7.17. The average molecular weight is 261 g/mol. The van der Waals surface area contributed by atoms with Crippen LogP contribution in [0.5, 0.6) is 5.75 Å². The van der Waals surface area contributed by atoms with E-state index in [2.05, 4.69) is 47.5 Å². The van der Waals surface area contributed by atoms with Gasteiger partial charge in [-0.1, -0.05) is 12.1 Å². The van der Waals surface area contributed by atoms with Crippen LogP contribution in [0.25, 0.3) is 0 Å². The number of hydrazine groups is 1. The molecule has 1 fully saturated rings. The van der Waals surface area contributed by atoms with Gasteiger partial charge in [-0.15, -0.1) is 0 Å². The van der Waals surface area contributed by atoms with Crippen molar-refractivity contribution in [3.63, 3.8) is 0 Å². The summed E-state index contributed by atoms with van der Waals surface area (Å²) in [5.41, 5.74) is 6.31. The number of nitrogens with one attached hydrogen (secondary N) is 1. The highest BCUT2D eigenvalue weighted by molar-refractivity contribution is 5.40. The first kappa shape index (κ1) is 12.9. The number of likely N-dealkylation sites (N-methyl/N-ethyl adjacent to an activating group) is 1. The van der Waals surface area contributed by atoms with E-state index in [0.29, 0.717) is 6.04 Å². The van der Waals surface area contributed by atoms with Crippen LogP contribution >= 0.6 is 0 Å². The molecule has 2 aliphatic rings. The third-order valence-corrected chi connectivity index (χ3v) is 4.09. The molecule has 0 radical (unpaired) electrons. The molecule has 104 valence electrons. The van der Waals surface area contributed by atoms with E-state index in [9.17, 15) is 0 Å². The predicted molar refractivity (Wildman–Crippen MR) is 76.3 cm³/mol. The zero-order valence-electron chi connectivity index (χ0n) is 11.9. The highest BCUT2D eigenvalue weighted by atomic mass is 16.5. The summed E-state index contributed by atoms with van der Waals surface area (Å²) in [6.45, 7) is 7.52. The van der Waals surface area contributed by atoms with E-state index >= 15 is 0 Å². The quantitative estimate of drug-likeness (QED) is 0.891. The summed E-state index contributed by atoms with van der Waals surface area (Å²) in [7, 11) is 2.18. The van der Waals surface area contributed by atoms with Crippen LogP contribution in [0.15, 0.2) is 18.2 Å². The van der Waals surface area contributed by atoms with E-state index < -0.39 is 0 Å². The number of fused-ring (bicyclic) bond motifs is 1. The van der Waals surface area contributed by atoms with Crippen LogP contribution in [0.3, 0.4) is 0 Å². The van der Waals surface area contributed by atoms with E-state index in [0.717, 1.165) is 45.0 Å². The maximum absolute atomic E-state index is 5.56. The van der Waals surface area contributed by atoms with Gasteiger partial charge in [0.1, 0.15) is 5.75 Å². The largest absolute Gasteiger partial charge is 0.493 e. The molecule has 0 aliphatic carbocycles. The van der Waals surface area contributed by atoms with E-state index in [4.69, 9.17) is 4.74 Å². The van der Waals surface area contributed by atoms with E-state index in [1.165, 1.54) is 11.1 Å². The monoisotopic (exact) mass is 261 g/mol. The maximum atomic E-state index is 5.56. The topological polar surface area (TPSA) is 27.7 Å². The lowest BCUT2D eigenvalue weighted by Crippen LogP contribution is -2.51. The first-order valence-corrected chi connectivity index (χ1v) is 7.17. The Morgan fingerprint density at radius 2 is 2.00 bits per heavy atom. The van der Waals surface area contributed by atoms with Crippen molar-refractivity contribution in [2.75, 3.05) is 39.8 Å². The fourth-order valence-electron chi connectivity index (χ4n) is 2.76. The van der Waals surface area contributed by atoms with Crippen molar-refractivity contribution in [3.8, 4) is 5.75 Å². The molecule has 1 N–H and O–H groups in total. The Labute approximate surface area is 115 Å². The maximum Gasteiger partial charge on any atom is 0.122 e. The Morgan fingerprint density at radius 3 is 2.79 bits per heavy atom. The molecular formula is C15H23N3O. The second kappa shape index (κ2) is 5.49. The van der Waals surface area contributed by atoms with Crippen molar-refractivity contribution in [2.45, 2.75) is 19.4 Å². The lowest BCUT2D eigenvalue weighted by atomic mass is 10.0. The summed E-state index contributed by atoms with van der Waals surface area (Å²) < 4.78 is 5.56. The standard InChI is InChI=1S/C15H23N3O/c1-12(16-18-8-6-17(2)7-9-18)13-3-4-15-14(11-13)5-10-19-15/h3-4,11-12,16H,5-10H2,1-2H3. The fourth-order valence-corrected chi connectivity index (χ4v) is 2.76. The van der Waals surface area contributed by atoms with E-state index in [-0.39, 0.29) is 0 Å². The van der Waals surface area contributed by atoms with Crippen molar-refractivity contribution in [2.24, 2.45) is 0 Å². The number of nitrogens with zero attached hydrogens (tertiary/aromatic N) is 2. The second-order valence-electron chi connectivity index (χ2n) is 5.61. The Bertz CT molecular complexity index is 441. The van der Waals surface area contributed by atoms with Gasteiger partial charge in [0.15, 0.2) is 0 Å². The number of rotatable bonds is 3. The molecule has 1 aromatic rings. The Hall–Kier alpha value is -1.10. The van der Waals surface area contributed by atoms with Crippen molar-refractivity contribution in [1.29, 1.82) is 0 Å². The predicted octanol–water partition coefficient (Wildman–Crippen LogP) is 1.43. The molecule has 4 heteroatoms. The molecule has 1 atom stereocenters. The third kappa shape index (κ3) is 2.91. The highest BCUT2D eigenvalue weighted by Crippen LogP contribution is 2.28. The van der Waals surface area contributed by atoms with Crippen LogP contribution in [-0.4, -0.2) is 49.7 Å². The Morgan fingerprint density at radius 1 is 1.21 bits per heavy atom. The molecule has 0 saturated carbocycles. The molecule has 1 saturated heterocycles. The van der Waals surface area contributed by atoms with Gasteiger partial charge in [0, 0.05) is 38.6 Å². The third-order valence-electron chi connectivity index (χ3n) is 4.09. The van der Waals surface area contributed by atoms with Gasteiger partial charge in [-0.2, -0.15) is 0 Å². The minimum Gasteiger partial charge on any atom is -0.493 e. The molecule has 2 aliphatic heterocycles. The minimum atomic E-state index is 0.356. The fraction of sp³-hybridized carbons (Fsp3) is 0.600. The van der Waals surface area contributed by atoms with Crippen molar-refractivity contribution < 1.29 is 4.74 Å². The van der Waals surface area contributed by atoms with Gasteiger partial charge in [-0.05, 0) is 31.2 Å². The molecule has 19 heavy (non-hydrogen) atoms. The first-order chi connectivity index (χ1) is 9.22. The Balaban J connectivity index is 1.62. The molecule has 3 rings (SSSR count). The van der Waals surface area contributed by atoms with Crippen LogP contribution in [0.1, 0.15) is 24.1 Å². The number of hydrogen-bond donors (Lipinski definition) is 1. The zero-order chi connectivity index (χ0) is 13.2. The summed E-state index contributed by atoms with van der Waals surface area (Å²) in [6.07, 6.45) is 1.05. The highest BCUT2D eigenvalue weighted by Gasteiger charge is 2.18. The van der Waals surface area contributed by atoms with E-state index in [1.54, 1.807) is 0 Å². The van der Waals surface area contributed by atoms with Crippen LogP contribution in [0.4, 0.5) is 0 Å². The number of benzene rings is 1. The molecule has 1 unspecified atom stereocenters. The summed E-state index contributed by atoms with van der Waals surface area (Å²) in [5.74, 6) is 1.07. The number of piperazine rings is 1. The van der Waals surface area contributed by atoms with Gasteiger partial charge < -0.3 is 9.64 Å². The van der Waals surface area contributed by atoms with Crippen molar-refractivity contribution in [1.82, 2.24) is 15.3 Å². The zero-order valence-corrected chi connectivity index (χ0v) is 11.9. The van der Waals surface area contributed by atoms with E-state index in [1.807, 2.05) is 0 Å². The van der Waals surface area contributed by atoms with Gasteiger partial charge in [-0.25, -0.2) is 10.4 Å². The molecule has 0 bridgehead atoms. The minimum absolute atomic E-state index is 0.356. The van der Waals surface area contributed by atoms with Crippen LogP contribution in [0.2, 0.25) is 0 Å². The number of ether oxygens (including phenoxy) is 1. The van der Waals surface area contributed by atoms with Crippen LogP contribution in [0, 0.1) is 0 Å². The molecule has 4 nitrogen and oxygen atoms in total. The van der Waals surface area contributed by atoms with Crippen molar-refractivity contribution >= 4 is 0 Å². The lowest BCUT2D eigenvalue weighted by molar-refractivity contribution is 0.0899. The van der Waals surface area contributed by atoms with Crippen LogP contribution < -0.4 is 10.2 Å². The van der Waals surface area contributed by atoms with Gasteiger partial charge in [0.05, 0.1) is 6.61 Å². The summed E-state index contributed by atoms with van der Waals surface area (Å²) in [6, 6.07) is 6.93. The van der Waals surface area contributed by atoms with Gasteiger partial charge in [0.2, 0.25) is 0 Å². The van der Waals surface area contributed by atoms with Gasteiger partial charge in [0.25, 0.3) is 0 Å². The molecule has 0 spiro atoms. The van der Waals surface area contributed by atoms with Crippen molar-refractivity contribution in [3.05, 3.63) is 29.3 Å². The van der Waals surface area contributed by atoms with Gasteiger partial charge in [-0.3, -0.25) is 0 Å². The average Bonchev–Trinajstić information content (AvgIpc) is 2.88. The Kier molecular flexibility index (Phi) is 3.73. The lowest BCUT2D eigenvalue weighted by Gasteiger charge is -2.34. The van der Waals surface area contributed by atoms with Crippen LogP contribution in [-0.2, 0) is 6.42 Å². The molecule has 2 heterocycles. The normalized spacial score (nSPS) is 22.0. The summed E-state index contributed by atoms with van der Waals surface area (Å²) in [5, 5.41) is 2.34. The smallest absolute Gasteiger partial charge is 0.122 e. The molecular weight excluding hydrogens is 238 g/mol. The summed E-state index contributed by atoms with van der Waals surface area (Å²) in [4.78, 5) is 2.37.